The molecule has 0 aromatic heterocycles. The number of hydrogen-bond acceptors (Lipinski definition) is 5. The number of nitrogens with one attached hydrogen (secondary N) is 1. The van der Waals surface area contributed by atoms with Gasteiger partial charge in [0, 0.05) is 13.1 Å². The Morgan fingerprint density at radius 3 is 2.95 bits per heavy atom. The van der Waals surface area contributed by atoms with Gasteiger partial charge in [0.25, 0.3) is 5.91 Å². The van der Waals surface area contributed by atoms with E-state index in [0.717, 1.165) is 24.6 Å². The highest BCUT2D eigenvalue weighted by atomic mass is 16.7. The lowest BCUT2D eigenvalue weighted by Crippen LogP contribution is -2.48. The molecule has 3 aliphatic heterocycles. The number of allylic oxidation sites excluding steroid dienone is 1. The van der Waals surface area contributed by atoms with Crippen molar-refractivity contribution in [1.82, 2.24) is 20.2 Å². The van der Waals surface area contributed by atoms with Crippen LogP contribution < -0.4 is 5.32 Å². The zero-order valence-corrected chi connectivity index (χ0v) is 11.4. The number of likely N-dealkylation sites (N-methyl/N-ethyl adjacent to an activating group) is 1. The first-order valence-electron chi connectivity index (χ1n) is 6.42. The number of hydrogen-bond donors (Lipinski definition) is 1. The fourth-order valence-corrected chi connectivity index (χ4v) is 2.69. The van der Waals surface area contributed by atoms with Crippen molar-refractivity contribution in [2.75, 3.05) is 26.9 Å². The Morgan fingerprint density at radius 2 is 2.26 bits per heavy atom. The maximum Gasteiger partial charge on any atom is 0.274 e. The van der Waals surface area contributed by atoms with E-state index < -0.39 is 0 Å². The smallest absolute Gasteiger partial charge is 0.274 e. The normalized spacial score (nSPS) is 22.1. The van der Waals surface area contributed by atoms with Gasteiger partial charge in [-0.2, -0.15) is 0 Å². The molecule has 0 atom stereocenters. The van der Waals surface area contributed by atoms with Crippen LogP contribution in [0.15, 0.2) is 35.1 Å². The van der Waals surface area contributed by atoms with Gasteiger partial charge >= 0.3 is 0 Å². The Balaban J connectivity index is 2.04. The Morgan fingerprint density at radius 1 is 1.47 bits per heavy atom. The molecule has 0 unspecified atom stereocenters. The summed E-state index contributed by atoms with van der Waals surface area (Å²) in [6.07, 6.45) is 3.78. The van der Waals surface area contributed by atoms with Crippen LogP contribution in [0.2, 0.25) is 0 Å². The lowest BCUT2D eigenvalue weighted by molar-refractivity contribution is -0.119. The van der Waals surface area contributed by atoms with E-state index in [0.29, 0.717) is 12.4 Å². The number of carbonyl (C=O) groups is 1. The summed E-state index contributed by atoms with van der Waals surface area (Å²) in [6, 6.07) is 0. The first-order chi connectivity index (χ1) is 9.13. The largest absolute Gasteiger partial charge is 0.353 e. The lowest BCUT2D eigenvalue weighted by Gasteiger charge is -2.40. The monoisotopic (exact) mass is 262 g/mol. The number of carbonyl (C=O) groups excluding carboxylic acids is 1. The van der Waals surface area contributed by atoms with Gasteiger partial charge in [0.15, 0.2) is 0 Å². The number of rotatable bonds is 2. The van der Waals surface area contributed by atoms with Crippen molar-refractivity contribution in [2.24, 2.45) is 0 Å². The van der Waals surface area contributed by atoms with Crippen LogP contribution in [0.3, 0.4) is 0 Å². The van der Waals surface area contributed by atoms with Crippen LogP contribution in [0.25, 0.3) is 0 Å². The van der Waals surface area contributed by atoms with Gasteiger partial charge < -0.3 is 10.2 Å². The van der Waals surface area contributed by atoms with Crippen molar-refractivity contribution < 1.29 is 9.63 Å². The molecule has 0 radical (unpaired) electrons. The summed E-state index contributed by atoms with van der Waals surface area (Å²) in [5, 5.41) is 4.62. The highest BCUT2D eigenvalue weighted by Crippen LogP contribution is 2.32. The minimum atomic E-state index is -0.0831. The standard InChI is InChI=1S/C13H18N4O2/c1-4-15-6-9(2)5-10-13(15)17-8-16(19-3)7-11(17)12(18)14-10/h5,7H,4,6,8H2,1-3H3,(H,14,18). The maximum atomic E-state index is 12.1. The third kappa shape index (κ3) is 1.79. The molecule has 0 saturated heterocycles. The van der Waals surface area contributed by atoms with Gasteiger partial charge in [-0.15, -0.1) is 0 Å². The molecule has 6 nitrogen and oxygen atoms in total. The molecule has 3 aliphatic rings. The third-order valence-corrected chi connectivity index (χ3v) is 3.56. The molecule has 3 rings (SSSR count). The van der Waals surface area contributed by atoms with Gasteiger partial charge in [-0.25, -0.2) is 5.06 Å². The predicted molar refractivity (Wildman–Crippen MR) is 69.8 cm³/mol. The van der Waals surface area contributed by atoms with Crippen molar-refractivity contribution in [3.63, 3.8) is 0 Å². The third-order valence-electron chi connectivity index (χ3n) is 3.56. The highest BCUT2D eigenvalue weighted by molar-refractivity contribution is 5.96. The van der Waals surface area contributed by atoms with Crippen molar-refractivity contribution in [3.8, 4) is 0 Å². The molecule has 0 aromatic rings. The van der Waals surface area contributed by atoms with Crippen LogP contribution in [0.5, 0.6) is 0 Å². The first-order valence-corrected chi connectivity index (χ1v) is 6.42. The van der Waals surface area contributed by atoms with E-state index in [1.54, 1.807) is 18.4 Å². The number of amides is 1. The average Bonchev–Trinajstić information content (AvgIpc) is 2.82. The summed E-state index contributed by atoms with van der Waals surface area (Å²) >= 11 is 0. The average molecular weight is 262 g/mol. The Kier molecular flexibility index (Phi) is 2.74. The molecule has 1 amide bonds. The first kappa shape index (κ1) is 12.1. The molecule has 6 heteroatoms. The Bertz CT molecular complexity index is 521. The Hall–Kier alpha value is -1.95. The molecule has 0 bridgehead atoms. The molecular weight excluding hydrogens is 244 g/mol. The molecule has 0 spiro atoms. The number of nitrogens with zero attached hydrogens (tertiary/aromatic N) is 3. The number of hydroxylamine groups is 2. The number of fused-ring (bicyclic) bond motifs is 2. The SMILES string of the molecule is CCN1CC(C)=CC2=C1N1CN(OC)C=C1C(=O)N2. The summed E-state index contributed by atoms with van der Waals surface area (Å²) in [5.41, 5.74) is 2.76. The fourth-order valence-electron chi connectivity index (χ4n) is 2.69. The van der Waals surface area contributed by atoms with Gasteiger partial charge in [0.2, 0.25) is 0 Å². The quantitative estimate of drug-likeness (QED) is 0.787. The molecule has 102 valence electrons. The second-order valence-electron chi connectivity index (χ2n) is 4.88. The molecule has 3 heterocycles. The summed E-state index contributed by atoms with van der Waals surface area (Å²) in [4.78, 5) is 21.6. The Labute approximate surface area is 112 Å². The topological polar surface area (TPSA) is 48.1 Å². The zero-order chi connectivity index (χ0) is 13.6. The van der Waals surface area contributed by atoms with Crippen molar-refractivity contribution in [2.45, 2.75) is 13.8 Å². The molecule has 19 heavy (non-hydrogen) atoms. The van der Waals surface area contributed by atoms with E-state index >= 15 is 0 Å². The molecule has 0 aromatic carbocycles. The van der Waals surface area contributed by atoms with E-state index in [2.05, 4.69) is 24.1 Å². The fraction of sp³-hybridized carbons (Fsp3) is 0.462. The summed E-state index contributed by atoms with van der Waals surface area (Å²) in [6.45, 7) is 6.53. The van der Waals surface area contributed by atoms with Crippen LogP contribution in [-0.2, 0) is 9.63 Å². The maximum absolute atomic E-state index is 12.1. The van der Waals surface area contributed by atoms with Crippen molar-refractivity contribution in [1.29, 1.82) is 0 Å². The van der Waals surface area contributed by atoms with Gasteiger partial charge in [-0.3, -0.25) is 14.5 Å². The molecule has 0 aliphatic carbocycles. The van der Waals surface area contributed by atoms with Crippen molar-refractivity contribution in [3.05, 3.63) is 35.1 Å². The summed E-state index contributed by atoms with van der Waals surface area (Å²) < 4.78 is 0. The molecule has 0 fully saturated rings. The molecular formula is C13H18N4O2. The van der Waals surface area contributed by atoms with Crippen LogP contribution in [-0.4, -0.2) is 47.6 Å². The van der Waals surface area contributed by atoms with Crippen LogP contribution >= 0.6 is 0 Å². The summed E-state index contributed by atoms with van der Waals surface area (Å²) in [7, 11) is 1.60. The molecule has 0 saturated carbocycles. The van der Waals surface area contributed by atoms with Crippen LogP contribution in [0.1, 0.15) is 13.8 Å². The van der Waals surface area contributed by atoms with Gasteiger partial charge in [-0.05, 0) is 19.9 Å². The van der Waals surface area contributed by atoms with Gasteiger partial charge in [-0.1, -0.05) is 5.57 Å². The van der Waals surface area contributed by atoms with Gasteiger partial charge in [0.05, 0.1) is 19.0 Å². The van der Waals surface area contributed by atoms with E-state index in [1.807, 2.05) is 11.0 Å². The summed E-state index contributed by atoms with van der Waals surface area (Å²) in [5.74, 6) is 0.971. The zero-order valence-electron chi connectivity index (χ0n) is 11.4. The minimum Gasteiger partial charge on any atom is -0.353 e. The minimum absolute atomic E-state index is 0.0831. The van der Waals surface area contributed by atoms with E-state index in [9.17, 15) is 4.79 Å². The molecule has 1 N–H and O–H groups in total. The second-order valence-corrected chi connectivity index (χ2v) is 4.88. The predicted octanol–water partition coefficient (Wildman–Crippen LogP) is 0.545. The second kappa shape index (κ2) is 4.31. The van der Waals surface area contributed by atoms with E-state index in [1.165, 1.54) is 5.57 Å². The van der Waals surface area contributed by atoms with Crippen molar-refractivity contribution >= 4 is 5.91 Å². The lowest BCUT2D eigenvalue weighted by atomic mass is 10.1. The van der Waals surface area contributed by atoms with Crippen LogP contribution in [0.4, 0.5) is 0 Å². The van der Waals surface area contributed by atoms with Crippen LogP contribution in [0, 0.1) is 0 Å². The highest BCUT2D eigenvalue weighted by Gasteiger charge is 2.38. The van der Waals surface area contributed by atoms with Gasteiger partial charge in [0.1, 0.15) is 18.2 Å². The van der Waals surface area contributed by atoms with E-state index in [-0.39, 0.29) is 5.91 Å². The van der Waals surface area contributed by atoms with E-state index in [4.69, 9.17) is 4.84 Å².